The van der Waals surface area contributed by atoms with E-state index in [0.29, 0.717) is 5.76 Å². The molecule has 0 aliphatic carbocycles. The van der Waals surface area contributed by atoms with Crippen LogP contribution < -0.4 is 5.32 Å². The Morgan fingerprint density at radius 1 is 1.42 bits per heavy atom. The minimum Gasteiger partial charge on any atom is -0.461 e. The predicted octanol–water partition coefficient (Wildman–Crippen LogP) is 1.88. The highest BCUT2D eigenvalue weighted by Gasteiger charge is 2.17. The van der Waals surface area contributed by atoms with E-state index in [1.54, 1.807) is 27.7 Å². The number of carbonyl (C=O) groups excluding carboxylic acids is 2. The van der Waals surface area contributed by atoms with Crippen molar-refractivity contribution >= 4 is 12.1 Å². The molecule has 0 atom stereocenters. The molecule has 1 amide bonds. The monoisotopic (exact) mass is 270 g/mol. The van der Waals surface area contributed by atoms with Crippen molar-refractivity contribution in [2.45, 2.75) is 39.8 Å². The van der Waals surface area contributed by atoms with E-state index in [1.807, 2.05) is 0 Å². The molecule has 0 aliphatic rings. The quantitative estimate of drug-likeness (QED) is 0.840. The molecular weight excluding hydrogens is 252 g/mol. The fourth-order valence-electron chi connectivity index (χ4n) is 1.17. The third kappa shape index (κ3) is 5.41. The summed E-state index contributed by atoms with van der Waals surface area (Å²) < 4.78 is 14.7. The highest BCUT2D eigenvalue weighted by molar-refractivity contribution is 5.87. The molecule has 106 valence electrons. The molecule has 0 aliphatic heterocycles. The molecule has 0 saturated heterocycles. The van der Waals surface area contributed by atoms with Gasteiger partial charge in [-0.1, -0.05) is 5.16 Å². The first kappa shape index (κ1) is 15.0. The van der Waals surface area contributed by atoms with Gasteiger partial charge in [-0.2, -0.15) is 0 Å². The van der Waals surface area contributed by atoms with Crippen molar-refractivity contribution in [1.82, 2.24) is 10.5 Å². The largest absolute Gasteiger partial charge is 0.461 e. The van der Waals surface area contributed by atoms with E-state index < -0.39 is 17.7 Å². The van der Waals surface area contributed by atoms with Crippen molar-refractivity contribution in [1.29, 1.82) is 0 Å². The Balaban J connectivity index is 2.46. The van der Waals surface area contributed by atoms with Crippen molar-refractivity contribution in [2.24, 2.45) is 0 Å². The summed E-state index contributed by atoms with van der Waals surface area (Å²) in [7, 11) is 0. The van der Waals surface area contributed by atoms with Crippen LogP contribution in [-0.4, -0.2) is 29.4 Å². The van der Waals surface area contributed by atoms with Gasteiger partial charge in [0, 0.05) is 6.07 Å². The van der Waals surface area contributed by atoms with E-state index in [1.165, 1.54) is 6.07 Å². The summed E-state index contributed by atoms with van der Waals surface area (Å²) in [4.78, 5) is 22.7. The summed E-state index contributed by atoms with van der Waals surface area (Å²) in [6, 6.07) is 1.41. The summed E-state index contributed by atoms with van der Waals surface area (Å²) >= 11 is 0. The van der Waals surface area contributed by atoms with Crippen LogP contribution in [0.2, 0.25) is 0 Å². The van der Waals surface area contributed by atoms with Gasteiger partial charge >= 0.3 is 12.1 Å². The van der Waals surface area contributed by atoms with Crippen LogP contribution in [0.25, 0.3) is 0 Å². The Labute approximate surface area is 111 Å². The van der Waals surface area contributed by atoms with E-state index in [0.717, 1.165) is 0 Å². The minimum atomic E-state index is -0.568. The number of ether oxygens (including phenoxy) is 2. The zero-order valence-corrected chi connectivity index (χ0v) is 11.5. The first-order chi connectivity index (χ1) is 8.81. The summed E-state index contributed by atoms with van der Waals surface area (Å²) in [6.07, 6.45) is -0.568. The molecule has 0 fully saturated rings. The van der Waals surface area contributed by atoms with Gasteiger partial charge in [-0.15, -0.1) is 0 Å². The van der Waals surface area contributed by atoms with Crippen LogP contribution in [0.15, 0.2) is 10.6 Å². The molecule has 1 rings (SSSR count). The van der Waals surface area contributed by atoms with E-state index in [9.17, 15) is 9.59 Å². The molecule has 1 aromatic rings. The van der Waals surface area contributed by atoms with Gasteiger partial charge < -0.3 is 19.3 Å². The average Bonchev–Trinajstić information content (AvgIpc) is 2.73. The van der Waals surface area contributed by atoms with E-state index in [-0.39, 0.29) is 18.8 Å². The number of carbonyl (C=O) groups is 2. The van der Waals surface area contributed by atoms with Crippen LogP contribution in [0.5, 0.6) is 0 Å². The molecule has 7 nitrogen and oxygen atoms in total. The predicted molar refractivity (Wildman–Crippen MR) is 65.5 cm³/mol. The summed E-state index contributed by atoms with van der Waals surface area (Å²) in [5, 5.41) is 6.04. The number of amides is 1. The lowest BCUT2D eigenvalue weighted by molar-refractivity contribution is 0.0503. The van der Waals surface area contributed by atoms with E-state index in [4.69, 9.17) is 14.0 Å². The van der Waals surface area contributed by atoms with Crippen molar-refractivity contribution < 1.29 is 23.6 Å². The molecule has 0 bridgehead atoms. The first-order valence-electron chi connectivity index (χ1n) is 5.91. The van der Waals surface area contributed by atoms with Crippen LogP contribution in [-0.2, 0) is 16.0 Å². The van der Waals surface area contributed by atoms with Crippen molar-refractivity contribution in [3.63, 3.8) is 0 Å². The molecule has 0 aromatic carbocycles. The molecule has 19 heavy (non-hydrogen) atoms. The smallest absolute Gasteiger partial charge is 0.408 e. The Kier molecular flexibility index (Phi) is 4.91. The molecule has 0 radical (unpaired) electrons. The topological polar surface area (TPSA) is 90.7 Å². The van der Waals surface area contributed by atoms with Gasteiger partial charge in [0.05, 0.1) is 13.2 Å². The van der Waals surface area contributed by atoms with Gasteiger partial charge in [0.2, 0.25) is 0 Å². The van der Waals surface area contributed by atoms with E-state index in [2.05, 4.69) is 10.5 Å². The third-order valence-corrected chi connectivity index (χ3v) is 1.85. The summed E-state index contributed by atoms with van der Waals surface area (Å²) in [5.41, 5.74) is -0.496. The number of nitrogens with zero attached hydrogens (tertiary/aromatic N) is 1. The molecule has 1 heterocycles. The zero-order chi connectivity index (χ0) is 14.5. The number of hydrogen-bond acceptors (Lipinski definition) is 6. The van der Waals surface area contributed by atoms with Gasteiger partial charge in [0.25, 0.3) is 0 Å². The molecule has 7 heteroatoms. The molecule has 0 saturated carbocycles. The third-order valence-electron chi connectivity index (χ3n) is 1.85. The molecular formula is C12H18N2O5. The second kappa shape index (κ2) is 6.21. The second-order valence-corrected chi connectivity index (χ2v) is 4.75. The SMILES string of the molecule is CCOC(=O)c1cc(CNC(=O)OC(C)(C)C)on1. The maximum atomic E-state index is 11.4. The van der Waals surface area contributed by atoms with Crippen molar-refractivity contribution in [3.8, 4) is 0 Å². The number of esters is 1. The molecule has 0 spiro atoms. The highest BCUT2D eigenvalue weighted by Crippen LogP contribution is 2.08. The zero-order valence-electron chi connectivity index (χ0n) is 11.5. The van der Waals surface area contributed by atoms with Crippen molar-refractivity contribution in [3.05, 3.63) is 17.5 Å². The Hall–Kier alpha value is -2.05. The van der Waals surface area contributed by atoms with Crippen LogP contribution >= 0.6 is 0 Å². The fourth-order valence-corrected chi connectivity index (χ4v) is 1.17. The average molecular weight is 270 g/mol. The van der Waals surface area contributed by atoms with Crippen LogP contribution in [0.3, 0.4) is 0 Å². The van der Waals surface area contributed by atoms with Crippen LogP contribution in [0, 0.1) is 0 Å². The maximum absolute atomic E-state index is 11.4. The van der Waals surface area contributed by atoms with Gasteiger partial charge in [-0.3, -0.25) is 0 Å². The Morgan fingerprint density at radius 3 is 2.68 bits per heavy atom. The molecule has 0 unspecified atom stereocenters. The molecule has 1 aromatic heterocycles. The maximum Gasteiger partial charge on any atom is 0.408 e. The highest BCUT2D eigenvalue weighted by atomic mass is 16.6. The van der Waals surface area contributed by atoms with Crippen LogP contribution in [0.4, 0.5) is 4.79 Å². The standard InChI is InChI=1S/C12H18N2O5/c1-5-17-10(15)9-6-8(19-14-9)7-13-11(16)18-12(2,3)4/h6H,5,7H2,1-4H3,(H,13,16). The van der Waals surface area contributed by atoms with Gasteiger partial charge in [0.1, 0.15) is 5.60 Å². The van der Waals surface area contributed by atoms with Gasteiger partial charge in [0.15, 0.2) is 11.5 Å². The van der Waals surface area contributed by atoms with E-state index >= 15 is 0 Å². The lowest BCUT2D eigenvalue weighted by Gasteiger charge is -2.19. The number of nitrogens with one attached hydrogen (secondary N) is 1. The lowest BCUT2D eigenvalue weighted by atomic mass is 10.2. The number of rotatable bonds is 4. The first-order valence-corrected chi connectivity index (χ1v) is 5.91. The number of hydrogen-bond donors (Lipinski definition) is 1. The van der Waals surface area contributed by atoms with Crippen molar-refractivity contribution in [2.75, 3.05) is 6.61 Å². The lowest BCUT2D eigenvalue weighted by Crippen LogP contribution is -2.32. The fraction of sp³-hybridized carbons (Fsp3) is 0.583. The molecule has 1 N–H and O–H groups in total. The van der Waals surface area contributed by atoms with Crippen LogP contribution in [0.1, 0.15) is 43.9 Å². The van der Waals surface area contributed by atoms with Gasteiger partial charge in [-0.05, 0) is 27.7 Å². The normalized spacial score (nSPS) is 10.9. The summed E-state index contributed by atoms with van der Waals surface area (Å²) in [5.74, 6) is -0.219. The Bertz CT molecular complexity index is 447. The second-order valence-electron chi connectivity index (χ2n) is 4.75. The number of alkyl carbamates (subject to hydrolysis) is 1. The number of aromatic nitrogens is 1. The summed E-state index contributed by atoms with van der Waals surface area (Å²) in [6.45, 7) is 7.33. The minimum absolute atomic E-state index is 0.0721. The Morgan fingerprint density at radius 2 is 2.11 bits per heavy atom. The van der Waals surface area contributed by atoms with Gasteiger partial charge in [-0.25, -0.2) is 9.59 Å².